The molecule has 1 aliphatic carbocycles. The van der Waals surface area contributed by atoms with Crippen molar-refractivity contribution in [2.75, 3.05) is 0 Å². The van der Waals surface area contributed by atoms with E-state index < -0.39 is 15.9 Å². The van der Waals surface area contributed by atoms with Gasteiger partial charge >= 0.3 is 5.97 Å². The molecule has 0 spiro atoms. The highest BCUT2D eigenvalue weighted by atomic mass is 35.5. The van der Waals surface area contributed by atoms with Gasteiger partial charge in [-0.05, 0) is 50.3 Å². The van der Waals surface area contributed by atoms with E-state index in [9.17, 15) is 4.79 Å². The van der Waals surface area contributed by atoms with Crippen molar-refractivity contribution in [1.82, 2.24) is 0 Å². The van der Waals surface area contributed by atoms with Crippen LogP contribution in [-0.4, -0.2) is 21.0 Å². The van der Waals surface area contributed by atoms with Crippen LogP contribution >= 0.6 is 23.2 Å². The summed E-state index contributed by atoms with van der Waals surface area (Å²) in [5, 5.41) is 8.99. The van der Waals surface area contributed by atoms with Crippen molar-refractivity contribution in [1.29, 1.82) is 0 Å². The van der Waals surface area contributed by atoms with E-state index in [1.807, 2.05) is 12.1 Å². The van der Waals surface area contributed by atoms with Gasteiger partial charge < -0.3 is 9.84 Å². The lowest BCUT2D eigenvalue weighted by Gasteiger charge is -2.21. The molecule has 19 heavy (non-hydrogen) atoms. The molecule has 1 aromatic rings. The van der Waals surface area contributed by atoms with Crippen molar-refractivity contribution in [3.8, 4) is 5.75 Å². The maximum absolute atomic E-state index is 11.0. The Labute approximate surface area is 122 Å². The molecule has 1 unspecified atom stereocenters. The Kier molecular flexibility index (Phi) is 3.72. The molecular formula is C14H16Cl2O3. The second-order valence-electron chi connectivity index (χ2n) is 5.43. The van der Waals surface area contributed by atoms with Crippen LogP contribution in [0.2, 0.25) is 0 Å². The van der Waals surface area contributed by atoms with E-state index in [0.717, 1.165) is 18.4 Å². The molecule has 1 aromatic carbocycles. The van der Waals surface area contributed by atoms with Gasteiger partial charge in [-0.15, -0.1) is 23.2 Å². The highest BCUT2D eigenvalue weighted by Crippen LogP contribution is 2.54. The molecule has 0 aromatic heterocycles. The molecule has 1 fully saturated rings. The molecular weight excluding hydrogens is 287 g/mol. The average molecular weight is 303 g/mol. The van der Waals surface area contributed by atoms with Gasteiger partial charge in [-0.1, -0.05) is 12.1 Å². The number of hydrogen-bond acceptors (Lipinski definition) is 2. The third kappa shape index (κ3) is 3.54. The molecule has 1 saturated carbocycles. The zero-order valence-electron chi connectivity index (χ0n) is 10.8. The summed E-state index contributed by atoms with van der Waals surface area (Å²) in [6.45, 7) is 3.03. The van der Waals surface area contributed by atoms with Crippen molar-refractivity contribution in [3.05, 3.63) is 29.8 Å². The van der Waals surface area contributed by atoms with Gasteiger partial charge in [-0.25, -0.2) is 4.79 Å². The van der Waals surface area contributed by atoms with E-state index in [-0.39, 0.29) is 0 Å². The Balaban J connectivity index is 1.97. The predicted octanol–water partition coefficient (Wildman–Crippen LogP) is 3.66. The summed E-state index contributed by atoms with van der Waals surface area (Å²) < 4.78 is 4.86. The molecule has 5 heteroatoms. The lowest BCUT2D eigenvalue weighted by atomic mass is 10.1. The summed E-state index contributed by atoms with van der Waals surface area (Å²) in [5.74, 6) is -0.156. The minimum atomic E-state index is -1.24. The van der Waals surface area contributed by atoms with Crippen molar-refractivity contribution < 1.29 is 14.6 Å². The molecule has 2 rings (SSSR count). The third-order valence-corrected chi connectivity index (χ3v) is 4.18. The van der Waals surface area contributed by atoms with E-state index in [4.69, 9.17) is 33.0 Å². The number of carbonyl (C=O) groups is 1. The zero-order chi connectivity index (χ0) is 14.3. The van der Waals surface area contributed by atoms with Crippen LogP contribution in [0.1, 0.15) is 25.8 Å². The first kappa shape index (κ1) is 14.5. The number of carboxylic acids is 1. The molecule has 0 amide bonds. The van der Waals surface area contributed by atoms with Crippen molar-refractivity contribution >= 4 is 29.2 Å². The highest BCUT2D eigenvalue weighted by molar-refractivity contribution is 6.50. The topological polar surface area (TPSA) is 46.5 Å². The zero-order valence-corrected chi connectivity index (χ0v) is 12.3. The first-order chi connectivity index (χ1) is 8.71. The first-order valence-corrected chi connectivity index (χ1v) is 6.85. The molecule has 1 atom stereocenters. The van der Waals surface area contributed by atoms with Gasteiger partial charge in [0, 0.05) is 0 Å². The van der Waals surface area contributed by atoms with E-state index in [0.29, 0.717) is 11.7 Å². The van der Waals surface area contributed by atoms with Crippen LogP contribution in [0.5, 0.6) is 5.75 Å². The fraction of sp³-hybridized carbons (Fsp3) is 0.500. The number of aliphatic carboxylic acids is 1. The Hall–Kier alpha value is -0.930. The first-order valence-electron chi connectivity index (χ1n) is 6.10. The number of benzene rings is 1. The number of hydrogen-bond donors (Lipinski definition) is 1. The van der Waals surface area contributed by atoms with Crippen LogP contribution in [-0.2, 0) is 11.2 Å². The number of rotatable bonds is 5. The molecule has 0 radical (unpaired) electrons. The largest absolute Gasteiger partial charge is 0.478 e. The summed E-state index contributed by atoms with van der Waals surface area (Å²) in [4.78, 5) is 11.0. The second kappa shape index (κ2) is 4.88. The average Bonchev–Trinajstić information content (AvgIpc) is 2.88. The normalized spacial score (nSPS) is 20.9. The van der Waals surface area contributed by atoms with Crippen LogP contribution in [0.3, 0.4) is 0 Å². The van der Waals surface area contributed by atoms with Gasteiger partial charge in [0.2, 0.25) is 0 Å². The minimum absolute atomic E-state index is 0.304. The van der Waals surface area contributed by atoms with Gasteiger partial charge in [0.15, 0.2) is 5.60 Å². The summed E-state index contributed by atoms with van der Waals surface area (Å²) in [7, 11) is 0. The molecule has 1 N–H and O–H groups in total. The van der Waals surface area contributed by atoms with E-state index in [1.165, 1.54) is 13.8 Å². The molecule has 0 heterocycles. The molecule has 0 saturated heterocycles. The Bertz CT molecular complexity index is 480. The molecule has 104 valence electrons. The molecule has 1 aliphatic rings. The minimum Gasteiger partial charge on any atom is -0.478 e. The third-order valence-electron chi connectivity index (χ3n) is 3.25. The maximum Gasteiger partial charge on any atom is 0.347 e. The lowest BCUT2D eigenvalue weighted by Crippen LogP contribution is -2.37. The van der Waals surface area contributed by atoms with Gasteiger partial charge in [0.25, 0.3) is 0 Å². The van der Waals surface area contributed by atoms with Crippen LogP contribution in [0.4, 0.5) is 0 Å². The fourth-order valence-corrected chi connectivity index (χ4v) is 2.33. The van der Waals surface area contributed by atoms with Gasteiger partial charge in [0.05, 0.1) is 0 Å². The number of halogens is 2. The highest BCUT2D eigenvalue weighted by Gasteiger charge is 2.51. The van der Waals surface area contributed by atoms with Gasteiger partial charge in [0.1, 0.15) is 10.1 Å². The van der Waals surface area contributed by atoms with Crippen LogP contribution in [0.25, 0.3) is 0 Å². The summed E-state index contributed by atoms with van der Waals surface area (Å²) in [6, 6.07) is 7.37. The fourth-order valence-electron chi connectivity index (χ4n) is 1.81. The number of ether oxygens (including phenoxy) is 1. The predicted molar refractivity (Wildman–Crippen MR) is 75.0 cm³/mol. The summed E-state index contributed by atoms with van der Waals surface area (Å²) in [6.07, 6.45) is 1.65. The standard InChI is InChI=1S/C14H16Cl2O3/c1-13(2,12(17)18)19-11-5-3-9(4-6-11)7-10-8-14(10,15)16/h3-6,10H,7-8H2,1-2H3,(H,17,18). The van der Waals surface area contributed by atoms with Gasteiger partial charge in [-0.3, -0.25) is 0 Å². The molecule has 0 aliphatic heterocycles. The van der Waals surface area contributed by atoms with Crippen molar-refractivity contribution in [3.63, 3.8) is 0 Å². The Morgan fingerprint density at radius 1 is 1.42 bits per heavy atom. The van der Waals surface area contributed by atoms with Crippen LogP contribution in [0, 0.1) is 5.92 Å². The van der Waals surface area contributed by atoms with E-state index in [1.54, 1.807) is 12.1 Å². The van der Waals surface area contributed by atoms with Crippen molar-refractivity contribution in [2.45, 2.75) is 36.6 Å². The van der Waals surface area contributed by atoms with E-state index in [2.05, 4.69) is 0 Å². The smallest absolute Gasteiger partial charge is 0.347 e. The Morgan fingerprint density at radius 3 is 2.37 bits per heavy atom. The molecule has 0 bridgehead atoms. The summed E-state index contributed by atoms with van der Waals surface area (Å²) >= 11 is 12.0. The maximum atomic E-state index is 11.0. The quantitative estimate of drug-likeness (QED) is 0.844. The Morgan fingerprint density at radius 2 is 1.95 bits per heavy atom. The van der Waals surface area contributed by atoms with Crippen LogP contribution in [0.15, 0.2) is 24.3 Å². The van der Waals surface area contributed by atoms with E-state index >= 15 is 0 Å². The lowest BCUT2D eigenvalue weighted by molar-refractivity contribution is -0.152. The second-order valence-corrected chi connectivity index (χ2v) is 6.97. The monoisotopic (exact) mass is 302 g/mol. The van der Waals surface area contributed by atoms with Gasteiger partial charge in [-0.2, -0.15) is 0 Å². The van der Waals surface area contributed by atoms with Crippen LogP contribution < -0.4 is 4.74 Å². The number of alkyl halides is 2. The van der Waals surface area contributed by atoms with Crippen molar-refractivity contribution in [2.24, 2.45) is 5.92 Å². The number of carboxylic acid groups (broad SMARTS) is 1. The SMILES string of the molecule is CC(C)(Oc1ccc(CC2CC2(Cl)Cl)cc1)C(=O)O. The summed E-state index contributed by atoms with van der Waals surface area (Å²) in [5.41, 5.74) is -0.118. The molecule has 3 nitrogen and oxygen atoms in total.